The maximum absolute atomic E-state index is 14.4. The van der Waals surface area contributed by atoms with Gasteiger partial charge < -0.3 is 20.9 Å². The Morgan fingerprint density at radius 1 is 1.08 bits per heavy atom. The Kier molecular flexibility index (Phi) is 13.3. The van der Waals surface area contributed by atoms with Crippen molar-refractivity contribution in [1.82, 2.24) is 40.8 Å². The highest BCUT2D eigenvalue weighted by atomic mass is 19.1. The Hall–Kier alpha value is -5.19. The molecular weight excluding hydrogens is 613 g/mol. The zero-order chi connectivity index (χ0) is 35.3. The van der Waals surface area contributed by atoms with E-state index in [0.717, 1.165) is 58.5 Å². The van der Waals surface area contributed by atoms with Crippen LogP contribution in [0.4, 0.5) is 10.1 Å². The number of halogens is 1. The number of hydrogen-bond acceptors (Lipinski definition) is 7. The molecule has 5 heterocycles. The third kappa shape index (κ3) is 9.25. The molecule has 5 N–H and O–H groups in total. The summed E-state index contributed by atoms with van der Waals surface area (Å²) in [6.45, 7) is 23.3. The van der Waals surface area contributed by atoms with E-state index < -0.39 is 0 Å². The number of allylic oxidation sites excluding steroid dienone is 3. The fourth-order valence-corrected chi connectivity index (χ4v) is 5.78. The monoisotopic (exact) mass is 661 g/mol. The molecule has 6 rings (SSSR count). The van der Waals surface area contributed by atoms with Crippen molar-refractivity contribution in [2.75, 3.05) is 25.5 Å². The van der Waals surface area contributed by atoms with E-state index in [9.17, 15) is 4.39 Å². The van der Waals surface area contributed by atoms with Gasteiger partial charge in [-0.05, 0) is 105 Å². The number of imidazole rings is 1. The number of benzene rings is 1. The van der Waals surface area contributed by atoms with Crippen LogP contribution in [0.2, 0.25) is 0 Å². The Labute approximate surface area is 288 Å². The summed E-state index contributed by atoms with van der Waals surface area (Å²) in [5, 5.41) is 19.0. The summed E-state index contributed by atoms with van der Waals surface area (Å²) in [6, 6.07) is 8.85. The van der Waals surface area contributed by atoms with E-state index in [1.807, 2.05) is 64.5 Å². The Morgan fingerprint density at radius 3 is 2.61 bits per heavy atom. The van der Waals surface area contributed by atoms with Crippen molar-refractivity contribution < 1.29 is 4.39 Å². The van der Waals surface area contributed by atoms with Crippen molar-refractivity contribution in [1.29, 1.82) is 0 Å². The SMILES string of the molecule is C=C.C=C(CC1CCNCC1)Nc1cncc(/C(C)=C/C=c2/[nH]nc(-c3nc4c(-c5cc(F)cc(CNC)c5)nccc4[nH]3)c2=C)c1.CC. The normalized spacial score (nSPS) is 13.7. The standard InChI is InChI=1S/C35H38FN9.C2H6.C2H4/c1-21(27-17-29(20-39-19-27)41-22(2)13-24-7-10-38-11-8-24)5-6-30-23(3)32(45-44-30)35-42-31-9-12-40-33(34(31)43-35)26-14-25(18-37-4)15-28(36)16-26;2*1-2/h5-6,9,12,14-17,19-20,24,37-38,41,44H,2-3,7-8,10-11,13,18H2,1,4H3,(H,42,43);1-2H3;1-2H2/b21-5+,30-6+;;. The summed E-state index contributed by atoms with van der Waals surface area (Å²) in [5.41, 5.74) is 8.09. The molecular formula is C39H48FN9. The van der Waals surface area contributed by atoms with Crippen molar-refractivity contribution in [2.45, 2.75) is 46.6 Å². The van der Waals surface area contributed by atoms with Gasteiger partial charge in [-0.1, -0.05) is 33.1 Å². The lowest BCUT2D eigenvalue weighted by molar-refractivity contribution is 0.373. The Morgan fingerprint density at radius 2 is 1.86 bits per heavy atom. The first-order chi connectivity index (χ1) is 23.9. The first-order valence-electron chi connectivity index (χ1n) is 16.7. The van der Waals surface area contributed by atoms with Gasteiger partial charge in [0.05, 0.1) is 28.4 Å². The summed E-state index contributed by atoms with van der Waals surface area (Å²) in [7, 11) is 1.83. The van der Waals surface area contributed by atoms with E-state index in [1.165, 1.54) is 25.0 Å². The molecule has 0 unspecified atom stereocenters. The first-order valence-corrected chi connectivity index (χ1v) is 16.7. The fraction of sp³-hybridized carbons (Fsp3) is 0.282. The third-order valence-corrected chi connectivity index (χ3v) is 8.14. The molecule has 1 fully saturated rings. The minimum absolute atomic E-state index is 0.319. The number of rotatable bonds is 10. The average Bonchev–Trinajstić information content (AvgIpc) is 3.72. The molecule has 0 saturated carbocycles. The molecule has 4 aromatic heterocycles. The summed E-state index contributed by atoms with van der Waals surface area (Å²) >= 11 is 0. The van der Waals surface area contributed by atoms with Gasteiger partial charge in [-0.3, -0.25) is 15.1 Å². The molecule has 9 nitrogen and oxygen atoms in total. The van der Waals surface area contributed by atoms with Gasteiger partial charge in [0.2, 0.25) is 0 Å². The number of anilines is 1. The van der Waals surface area contributed by atoms with Crippen molar-refractivity contribution in [3.05, 3.63) is 108 Å². The molecule has 1 aliphatic heterocycles. The second kappa shape index (κ2) is 17.8. The van der Waals surface area contributed by atoms with Crippen LogP contribution in [0.3, 0.4) is 0 Å². The predicted molar refractivity (Wildman–Crippen MR) is 202 cm³/mol. The van der Waals surface area contributed by atoms with Gasteiger partial charge in [-0.2, -0.15) is 5.10 Å². The summed E-state index contributed by atoms with van der Waals surface area (Å²) in [5.74, 6) is 0.901. The van der Waals surface area contributed by atoms with E-state index in [0.29, 0.717) is 46.0 Å². The lowest BCUT2D eigenvalue weighted by Gasteiger charge is -2.23. The van der Waals surface area contributed by atoms with Gasteiger partial charge in [-0.15, -0.1) is 13.2 Å². The minimum Gasteiger partial charge on any atom is -0.358 e. The van der Waals surface area contributed by atoms with Crippen LogP contribution in [0, 0.1) is 11.7 Å². The van der Waals surface area contributed by atoms with E-state index in [1.54, 1.807) is 6.20 Å². The largest absolute Gasteiger partial charge is 0.358 e. The number of H-pyrrole nitrogens is 2. The molecule has 5 aromatic rings. The van der Waals surface area contributed by atoms with E-state index in [2.05, 4.69) is 73.5 Å². The smallest absolute Gasteiger partial charge is 0.159 e. The topological polar surface area (TPSA) is 119 Å². The third-order valence-electron chi connectivity index (χ3n) is 8.14. The number of nitrogens with zero attached hydrogens (tertiary/aromatic N) is 4. The van der Waals surface area contributed by atoms with Crippen LogP contribution in [0.25, 0.3) is 52.0 Å². The van der Waals surface area contributed by atoms with Crippen LogP contribution in [0.1, 0.15) is 51.2 Å². The van der Waals surface area contributed by atoms with Crippen molar-refractivity contribution >= 4 is 34.9 Å². The summed E-state index contributed by atoms with van der Waals surface area (Å²) in [6.07, 6.45) is 12.7. The number of hydrogen-bond donors (Lipinski definition) is 5. The van der Waals surface area contributed by atoms with Crippen LogP contribution in [-0.2, 0) is 6.54 Å². The molecule has 49 heavy (non-hydrogen) atoms. The van der Waals surface area contributed by atoms with Crippen LogP contribution in [0.5, 0.6) is 0 Å². The molecule has 1 saturated heterocycles. The molecule has 0 radical (unpaired) electrons. The molecule has 0 aliphatic carbocycles. The number of nitrogens with one attached hydrogen (secondary N) is 5. The molecule has 1 aromatic carbocycles. The van der Waals surface area contributed by atoms with Crippen LogP contribution >= 0.6 is 0 Å². The number of aromatic nitrogens is 6. The number of pyridine rings is 2. The predicted octanol–water partition coefficient (Wildman–Crippen LogP) is 6.71. The van der Waals surface area contributed by atoms with Gasteiger partial charge in [0, 0.05) is 35.4 Å². The second-order valence-electron chi connectivity index (χ2n) is 11.6. The molecule has 0 amide bonds. The van der Waals surface area contributed by atoms with Gasteiger partial charge in [0.1, 0.15) is 17.0 Å². The van der Waals surface area contributed by atoms with E-state index in [-0.39, 0.29) is 5.82 Å². The van der Waals surface area contributed by atoms with Crippen LogP contribution in [0.15, 0.2) is 80.4 Å². The molecule has 0 spiro atoms. The highest BCUT2D eigenvalue weighted by molar-refractivity contribution is 5.91. The highest BCUT2D eigenvalue weighted by Crippen LogP contribution is 2.28. The van der Waals surface area contributed by atoms with Gasteiger partial charge >= 0.3 is 0 Å². The fourth-order valence-electron chi connectivity index (χ4n) is 5.78. The van der Waals surface area contributed by atoms with Crippen LogP contribution < -0.4 is 26.5 Å². The van der Waals surface area contributed by atoms with E-state index >= 15 is 0 Å². The van der Waals surface area contributed by atoms with Gasteiger partial charge in [0.15, 0.2) is 5.82 Å². The lowest BCUT2D eigenvalue weighted by Crippen LogP contribution is -2.28. The quantitative estimate of drug-likeness (QED) is 0.106. The lowest BCUT2D eigenvalue weighted by atomic mass is 9.93. The van der Waals surface area contributed by atoms with Crippen molar-refractivity contribution in [3.8, 4) is 22.8 Å². The molecule has 10 heteroatoms. The number of fused-ring (bicyclic) bond motifs is 1. The van der Waals surface area contributed by atoms with Gasteiger partial charge in [0.25, 0.3) is 0 Å². The Bertz CT molecular complexity index is 2000. The Balaban J connectivity index is 0.00000130. The number of piperidine rings is 1. The van der Waals surface area contributed by atoms with Crippen molar-refractivity contribution in [3.63, 3.8) is 0 Å². The van der Waals surface area contributed by atoms with E-state index in [4.69, 9.17) is 4.98 Å². The second-order valence-corrected chi connectivity index (χ2v) is 11.6. The highest BCUT2D eigenvalue weighted by Gasteiger charge is 2.16. The minimum atomic E-state index is -0.319. The van der Waals surface area contributed by atoms with Crippen LogP contribution in [-0.4, -0.2) is 50.3 Å². The van der Waals surface area contributed by atoms with Crippen molar-refractivity contribution in [2.24, 2.45) is 5.92 Å². The average molecular weight is 662 g/mol. The van der Waals surface area contributed by atoms with Gasteiger partial charge in [-0.25, -0.2) is 9.37 Å². The molecule has 0 bridgehead atoms. The molecule has 256 valence electrons. The zero-order valence-electron chi connectivity index (χ0n) is 29.1. The maximum Gasteiger partial charge on any atom is 0.159 e. The zero-order valence-corrected chi connectivity index (χ0v) is 29.1. The molecule has 1 aliphatic rings. The number of aromatic amines is 2. The maximum atomic E-state index is 14.4. The molecule has 0 atom stereocenters. The summed E-state index contributed by atoms with van der Waals surface area (Å²) < 4.78 is 14.4. The first kappa shape index (κ1) is 36.6. The summed E-state index contributed by atoms with van der Waals surface area (Å²) in [4.78, 5) is 17.1.